The highest BCUT2D eigenvalue weighted by Crippen LogP contribution is 2.32. The lowest BCUT2D eigenvalue weighted by atomic mass is 9.98. The number of ether oxygens (including phenoxy) is 1. The number of aryl methyl sites for hydroxylation is 1. The van der Waals surface area contributed by atoms with Crippen molar-refractivity contribution in [1.29, 1.82) is 0 Å². The predicted octanol–water partition coefficient (Wildman–Crippen LogP) is 7.62. The number of rotatable bonds is 5. The minimum Gasteiger partial charge on any atom is -0.483 e. The van der Waals surface area contributed by atoms with E-state index >= 15 is 0 Å². The highest BCUT2D eigenvalue weighted by Gasteiger charge is 2.18. The van der Waals surface area contributed by atoms with Crippen molar-refractivity contribution in [3.8, 4) is 16.9 Å². The van der Waals surface area contributed by atoms with Crippen molar-refractivity contribution >= 4 is 10.8 Å². The highest BCUT2D eigenvalue weighted by molar-refractivity contribution is 5.88. The van der Waals surface area contributed by atoms with Crippen LogP contribution in [0.5, 0.6) is 5.75 Å². The average Bonchev–Trinajstić information content (AvgIpc) is 2.76. The van der Waals surface area contributed by atoms with Crippen LogP contribution in [0.2, 0.25) is 0 Å². The first kappa shape index (κ1) is 22.6. The first-order chi connectivity index (χ1) is 15.7. The molecule has 0 heterocycles. The van der Waals surface area contributed by atoms with Gasteiger partial charge in [-0.3, -0.25) is 0 Å². The van der Waals surface area contributed by atoms with Crippen LogP contribution in [0.3, 0.4) is 0 Å². The van der Waals surface area contributed by atoms with Crippen LogP contribution in [-0.2, 0) is 13.0 Å². The third-order valence-electron chi connectivity index (χ3n) is 5.21. The standard InChI is InChI=1S/C25H15F7O/c1-2-12-5-20(29)25(21(30)6-12)33-11-13-7-17(26)22(18(27)8-13)14-3-4-16-15(9-14)10-19(28)24(32)23(16)31/h3-10H,2,11H2,1H3. The van der Waals surface area contributed by atoms with E-state index in [-0.39, 0.29) is 21.9 Å². The van der Waals surface area contributed by atoms with Gasteiger partial charge in [0, 0.05) is 5.39 Å². The molecular weight excluding hydrogens is 449 g/mol. The number of halogens is 7. The van der Waals surface area contributed by atoms with Gasteiger partial charge in [-0.2, -0.15) is 0 Å². The van der Waals surface area contributed by atoms with E-state index < -0.39 is 58.6 Å². The molecule has 0 spiro atoms. The Labute approximate surface area is 184 Å². The molecule has 0 aromatic heterocycles. The first-order valence-corrected chi connectivity index (χ1v) is 9.85. The molecule has 0 fully saturated rings. The summed E-state index contributed by atoms with van der Waals surface area (Å²) in [6, 6.07) is 8.17. The van der Waals surface area contributed by atoms with E-state index in [2.05, 4.69) is 0 Å². The Hall–Kier alpha value is -3.55. The Bertz CT molecular complexity index is 1340. The van der Waals surface area contributed by atoms with Crippen molar-refractivity contribution < 1.29 is 35.5 Å². The molecule has 0 radical (unpaired) electrons. The molecule has 0 aliphatic rings. The Kier molecular flexibility index (Phi) is 6.01. The number of fused-ring (bicyclic) bond motifs is 1. The molecule has 4 aromatic rings. The summed E-state index contributed by atoms with van der Waals surface area (Å²) in [4.78, 5) is 0. The zero-order valence-corrected chi connectivity index (χ0v) is 17.1. The first-order valence-electron chi connectivity index (χ1n) is 9.85. The fraction of sp³-hybridized carbons (Fsp3) is 0.120. The second-order valence-electron chi connectivity index (χ2n) is 7.39. The van der Waals surface area contributed by atoms with Crippen molar-refractivity contribution in [2.45, 2.75) is 20.0 Å². The van der Waals surface area contributed by atoms with Gasteiger partial charge < -0.3 is 4.74 Å². The number of benzene rings is 4. The normalized spacial score (nSPS) is 11.3. The number of hydrogen-bond acceptors (Lipinski definition) is 1. The summed E-state index contributed by atoms with van der Waals surface area (Å²) in [5.41, 5.74) is -0.137. The molecular formula is C25H15F7O. The second kappa shape index (κ2) is 8.77. The third kappa shape index (κ3) is 4.25. The van der Waals surface area contributed by atoms with Gasteiger partial charge in [0.25, 0.3) is 0 Å². The van der Waals surface area contributed by atoms with Crippen LogP contribution in [-0.4, -0.2) is 0 Å². The van der Waals surface area contributed by atoms with Gasteiger partial charge in [-0.15, -0.1) is 0 Å². The van der Waals surface area contributed by atoms with Crippen LogP contribution in [0.1, 0.15) is 18.1 Å². The maximum Gasteiger partial charge on any atom is 0.195 e. The Morgan fingerprint density at radius 1 is 0.636 bits per heavy atom. The van der Waals surface area contributed by atoms with Crippen LogP contribution in [0.25, 0.3) is 21.9 Å². The summed E-state index contributed by atoms with van der Waals surface area (Å²) in [5.74, 6) is -9.07. The summed E-state index contributed by atoms with van der Waals surface area (Å²) in [6.45, 7) is 1.21. The summed E-state index contributed by atoms with van der Waals surface area (Å²) < 4.78 is 104. The Balaban J connectivity index is 1.65. The maximum atomic E-state index is 14.8. The highest BCUT2D eigenvalue weighted by atomic mass is 19.2. The van der Waals surface area contributed by atoms with Crippen LogP contribution < -0.4 is 4.74 Å². The van der Waals surface area contributed by atoms with Crippen LogP contribution in [0, 0.1) is 40.7 Å². The summed E-state index contributed by atoms with van der Waals surface area (Å²) >= 11 is 0. The minimum absolute atomic E-state index is 0.0351. The van der Waals surface area contributed by atoms with Gasteiger partial charge in [0.05, 0.1) is 5.56 Å². The molecule has 8 heteroatoms. The SMILES string of the molecule is CCc1cc(F)c(OCc2cc(F)c(-c3ccc4c(F)c(F)c(F)cc4c3)c(F)c2)c(F)c1. The van der Waals surface area contributed by atoms with Crippen molar-refractivity contribution in [3.63, 3.8) is 0 Å². The van der Waals surface area contributed by atoms with E-state index in [9.17, 15) is 30.7 Å². The zero-order valence-electron chi connectivity index (χ0n) is 17.1. The van der Waals surface area contributed by atoms with E-state index in [1.165, 1.54) is 6.07 Å². The molecule has 4 rings (SSSR count). The molecule has 170 valence electrons. The Morgan fingerprint density at radius 2 is 1.24 bits per heavy atom. The van der Waals surface area contributed by atoms with E-state index in [0.29, 0.717) is 12.0 Å². The Morgan fingerprint density at radius 3 is 1.85 bits per heavy atom. The molecule has 0 bridgehead atoms. The minimum atomic E-state index is -1.64. The molecule has 33 heavy (non-hydrogen) atoms. The summed E-state index contributed by atoms with van der Waals surface area (Å²) in [5, 5.41) is -0.335. The lowest BCUT2D eigenvalue weighted by Gasteiger charge is -2.12. The quantitative estimate of drug-likeness (QED) is 0.218. The molecule has 0 aliphatic carbocycles. The monoisotopic (exact) mass is 464 g/mol. The van der Waals surface area contributed by atoms with Crippen LogP contribution >= 0.6 is 0 Å². The second-order valence-corrected chi connectivity index (χ2v) is 7.39. The molecule has 4 aromatic carbocycles. The average molecular weight is 464 g/mol. The molecule has 0 saturated carbocycles. The maximum absolute atomic E-state index is 14.8. The zero-order chi connectivity index (χ0) is 23.9. The van der Waals surface area contributed by atoms with Gasteiger partial charge >= 0.3 is 0 Å². The van der Waals surface area contributed by atoms with Crippen molar-refractivity contribution in [2.75, 3.05) is 0 Å². The lowest BCUT2D eigenvalue weighted by Crippen LogP contribution is -2.03. The van der Waals surface area contributed by atoms with Gasteiger partial charge in [-0.05, 0) is 64.9 Å². The number of hydrogen-bond donors (Lipinski definition) is 0. The van der Waals surface area contributed by atoms with E-state index in [1.807, 2.05) is 0 Å². The molecule has 0 unspecified atom stereocenters. The van der Waals surface area contributed by atoms with Crippen molar-refractivity contribution in [3.05, 3.63) is 100 Å². The molecule has 0 amide bonds. The fourth-order valence-corrected chi connectivity index (χ4v) is 3.56. The van der Waals surface area contributed by atoms with Crippen LogP contribution in [0.4, 0.5) is 30.7 Å². The van der Waals surface area contributed by atoms with Gasteiger partial charge in [0.1, 0.15) is 18.2 Å². The molecule has 0 atom stereocenters. The van der Waals surface area contributed by atoms with Gasteiger partial charge in [-0.25, -0.2) is 30.7 Å². The van der Waals surface area contributed by atoms with Crippen molar-refractivity contribution in [2.24, 2.45) is 0 Å². The van der Waals surface area contributed by atoms with Gasteiger partial charge in [0.2, 0.25) is 0 Å². The predicted molar refractivity (Wildman–Crippen MR) is 109 cm³/mol. The summed E-state index contributed by atoms with van der Waals surface area (Å²) in [7, 11) is 0. The molecule has 1 nitrogen and oxygen atoms in total. The lowest BCUT2D eigenvalue weighted by molar-refractivity contribution is 0.273. The van der Waals surface area contributed by atoms with E-state index in [1.54, 1.807) is 6.92 Å². The topological polar surface area (TPSA) is 9.23 Å². The van der Waals surface area contributed by atoms with E-state index in [0.717, 1.165) is 42.5 Å². The van der Waals surface area contributed by atoms with Crippen molar-refractivity contribution in [1.82, 2.24) is 0 Å². The molecule has 0 N–H and O–H groups in total. The van der Waals surface area contributed by atoms with Gasteiger partial charge in [-0.1, -0.05) is 19.1 Å². The fourth-order valence-electron chi connectivity index (χ4n) is 3.56. The molecule has 0 saturated heterocycles. The smallest absolute Gasteiger partial charge is 0.195 e. The summed E-state index contributed by atoms with van der Waals surface area (Å²) in [6.07, 6.45) is 0.412. The largest absolute Gasteiger partial charge is 0.483 e. The van der Waals surface area contributed by atoms with Gasteiger partial charge in [0.15, 0.2) is 34.8 Å². The van der Waals surface area contributed by atoms with E-state index in [4.69, 9.17) is 4.74 Å². The van der Waals surface area contributed by atoms with Crippen LogP contribution in [0.15, 0.2) is 48.5 Å². The third-order valence-corrected chi connectivity index (χ3v) is 5.21. The molecule has 0 aliphatic heterocycles.